The Hall–Kier alpha value is -4.01. The number of imide groups is 1. The van der Waals surface area contributed by atoms with Crippen LogP contribution in [0.15, 0.2) is 48.7 Å². The Labute approximate surface area is 183 Å². The fourth-order valence-electron chi connectivity index (χ4n) is 4.06. The van der Waals surface area contributed by atoms with Gasteiger partial charge >= 0.3 is 6.03 Å². The number of fused-ring (bicyclic) bond motifs is 2. The van der Waals surface area contributed by atoms with Crippen molar-refractivity contribution < 1.29 is 23.9 Å². The molecule has 4 amide bonds. The lowest BCUT2D eigenvalue weighted by molar-refractivity contribution is -0.133. The smallest absolute Gasteiger partial charge is 0.325 e. The number of benzene rings is 2. The summed E-state index contributed by atoms with van der Waals surface area (Å²) in [6.45, 7) is 2.43. The molecule has 9 nitrogen and oxygen atoms in total. The number of hydrogen-bond acceptors (Lipinski definition) is 5. The number of urea groups is 1. The Balaban J connectivity index is 1.28. The van der Waals surface area contributed by atoms with E-state index in [9.17, 15) is 14.4 Å². The van der Waals surface area contributed by atoms with Crippen molar-refractivity contribution in [3.8, 4) is 11.5 Å². The van der Waals surface area contributed by atoms with Gasteiger partial charge in [0.05, 0.1) is 0 Å². The van der Waals surface area contributed by atoms with Crippen LogP contribution in [0.1, 0.15) is 12.5 Å². The minimum Gasteiger partial charge on any atom is -0.486 e. The molecule has 5 rings (SSSR count). The lowest BCUT2D eigenvalue weighted by Crippen LogP contribution is -2.46. The molecule has 1 saturated heterocycles. The highest BCUT2D eigenvalue weighted by molar-refractivity contribution is 6.09. The highest BCUT2D eigenvalue weighted by Gasteiger charge is 2.43. The van der Waals surface area contributed by atoms with Gasteiger partial charge in [0.25, 0.3) is 5.91 Å². The van der Waals surface area contributed by atoms with Gasteiger partial charge in [0.2, 0.25) is 5.91 Å². The fraction of sp³-hybridized carbons (Fsp3) is 0.261. The van der Waals surface area contributed by atoms with Gasteiger partial charge in [-0.2, -0.15) is 0 Å². The molecule has 1 fully saturated rings. The number of hydrogen-bond donors (Lipinski definition) is 3. The summed E-state index contributed by atoms with van der Waals surface area (Å²) in [6.07, 6.45) is 2.17. The molecular weight excluding hydrogens is 412 g/mol. The number of anilines is 1. The molecule has 0 radical (unpaired) electrons. The summed E-state index contributed by atoms with van der Waals surface area (Å²) in [5, 5.41) is 6.44. The molecule has 32 heavy (non-hydrogen) atoms. The molecule has 3 heterocycles. The molecule has 164 valence electrons. The molecular formula is C23H22N4O5. The van der Waals surface area contributed by atoms with Gasteiger partial charge in [0.15, 0.2) is 11.5 Å². The zero-order chi connectivity index (χ0) is 22.2. The second-order valence-electron chi connectivity index (χ2n) is 7.80. The van der Waals surface area contributed by atoms with E-state index in [1.807, 2.05) is 30.5 Å². The summed E-state index contributed by atoms with van der Waals surface area (Å²) in [5.74, 6) is 0.245. The third-order valence-electron chi connectivity index (χ3n) is 5.73. The van der Waals surface area contributed by atoms with Crippen LogP contribution in [0.5, 0.6) is 11.5 Å². The Morgan fingerprint density at radius 2 is 1.94 bits per heavy atom. The third kappa shape index (κ3) is 3.51. The number of nitrogens with zero attached hydrogens (tertiary/aromatic N) is 1. The summed E-state index contributed by atoms with van der Waals surface area (Å²) >= 11 is 0. The minimum absolute atomic E-state index is 0.335. The Morgan fingerprint density at radius 3 is 2.78 bits per heavy atom. The number of H-pyrrole nitrogens is 1. The van der Waals surface area contributed by atoms with E-state index in [1.165, 1.54) is 6.92 Å². The molecule has 0 bridgehead atoms. The molecule has 2 aromatic carbocycles. The molecule has 0 spiro atoms. The maximum Gasteiger partial charge on any atom is 0.325 e. The first kappa shape index (κ1) is 19.9. The van der Waals surface area contributed by atoms with Crippen LogP contribution < -0.4 is 20.1 Å². The molecule has 3 N–H and O–H groups in total. The number of carbonyl (C=O) groups excluding carboxylic acids is 3. The number of carbonyl (C=O) groups is 3. The van der Waals surface area contributed by atoms with Crippen molar-refractivity contribution >= 4 is 34.4 Å². The van der Waals surface area contributed by atoms with Crippen molar-refractivity contribution in [3.05, 3.63) is 54.2 Å². The SMILES string of the molecule is C[C@H](C(=O)Nc1ccc2c(c1)OCCO2)N1C(=O)N[C@H](Cc2c[nH]c3ccccc23)C1=O. The number of amides is 4. The van der Waals surface area contributed by atoms with E-state index in [2.05, 4.69) is 15.6 Å². The van der Waals surface area contributed by atoms with E-state index in [1.54, 1.807) is 18.2 Å². The van der Waals surface area contributed by atoms with Crippen LogP contribution in [-0.4, -0.2) is 53.0 Å². The summed E-state index contributed by atoms with van der Waals surface area (Å²) in [5.41, 5.74) is 2.38. The van der Waals surface area contributed by atoms with Gasteiger partial charge in [-0.05, 0) is 30.7 Å². The van der Waals surface area contributed by atoms with E-state index >= 15 is 0 Å². The molecule has 2 aliphatic heterocycles. The van der Waals surface area contributed by atoms with Crippen LogP contribution in [0.25, 0.3) is 10.9 Å². The van der Waals surface area contributed by atoms with Gasteiger partial charge in [-0.15, -0.1) is 0 Å². The van der Waals surface area contributed by atoms with E-state index in [4.69, 9.17) is 9.47 Å². The van der Waals surface area contributed by atoms with Gasteiger partial charge < -0.3 is 25.1 Å². The van der Waals surface area contributed by atoms with Crippen LogP contribution in [0, 0.1) is 0 Å². The summed E-state index contributed by atoms with van der Waals surface area (Å²) < 4.78 is 11.0. The maximum absolute atomic E-state index is 13.0. The lowest BCUT2D eigenvalue weighted by Gasteiger charge is -2.22. The number of ether oxygens (including phenoxy) is 2. The van der Waals surface area contributed by atoms with E-state index < -0.39 is 29.9 Å². The monoisotopic (exact) mass is 434 g/mol. The predicted octanol–water partition coefficient (Wildman–Crippen LogP) is 2.43. The second kappa shape index (κ2) is 7.92. The highest BCUT2D eigenvalue weighted by Crippen LogP contribution is 2.32. The summed E-state index contributed by atoms with van der Waals surface area (Å²) in [4.78, 5) is 42.5. The molecule has 0 aliphatic carbocycles. The van der Waals surface area contributed by atoms with Crippen molar-refractivity contribution in [3.63, 3.8) is 0 Å². The van der Waals surface area contributed by atoms with Crippen molar-refractivity contribution in [2.45, 2.75) is 25.4 Å². The minimum atomic E-state index is -0.983. The van der Waals surface area contributed by atoms with Gasteiger partial charge in [-0.1, -0.05) is 18.2 Å². The normalized spacial score (nSPS) is 18.5. The third-order valence-corrected chi connectivity index (χ3v) is 5.73. The first-order valence-corrected chi connectivity index (χ1v) is 10.4. The topological polar surface area (TPSA) is 113 Å². The highest BCUT2D eigenvalue weighted by atomic mass is 16.6. The first-order chi connectivity index (χ1) is 15.5. The standard InChI is InChI=1S/C23H22N4O5/c1-13(21(28)25-15-6-7-19-20(11-15)32-9-8-31-19)27-22(29)18(26-23(27)30)10-14-12-24-17-5-3-2-4-16(14)17/h2-7,11-13,18,24H,8-10H2,1H3,(H,25,28)(H,26,30)/t13-,18-/m1/s1. The summed E-state index contributed by atoms with van der Waals surface area (Å²) in [7, 11) is 0. The quantitative estimate of drug-likeness (QED) is 0.534. The van der Waals surface area contributed by atoms with Gasteiger partial charge in [-0.25, -0.2) is 4.79 Å². The van der Waals surface area contributed by atoms with Crippen LogP contribution in [0.4, 0.5) is 10.5 Å². The molecule has 0 unspecified atom stereocenters. The fourth-order valence-corrected chi connectivity index (χ4v) is 4.06. The van der Waals surface area contributed by atoms with Gasteiger partial charge in [-0.3, -0.25) is 14.5 Å². The zero-order valence-electron chi connectivity index (χ0n) is 17.4. The first-order valence-electron chi connectivity index (χ1n) is 10.4. The number of aromatic nitrogens is 1. The van der Waals surface area contributed by atoms with Gasteiger partial charge in [0, 0.05) is 35.3 Å². The van der Waals surface area contributed by atoms with Crippen LogP contribution >= 0.6 is 0 Å². The van der Waals surface area contributed by atoms with Crippen LogP contribution in [-0.2, 0) is 16.0 Å². The number of nitrogens with one attached hydrogen (secondary N) is 3. The molecule has 3 aromatic rings. The van der Waals surface area contributed by atoms with Gasteiger partial charge in [0.1, 0.15) is 25.3 Å². The maximum atomic E-state index is 13.0. The Morgan fingerprint density at radius 1 is 1.16 bits per heavy atom. The van der Waals surface area contributed by atoms with Crippen molar-refractivity contribution in [1.29, 1.82) is 0 Å². The molecule has 9 heteroatoms. The predicted molar refractivity (Wildman–Crippen MR) is 117 cm³/mol. The van der Waals surface area contributed by atoms with E-state index in [-0.39, 0.29) is 0 Å². The largest absolute Gasteiger partial charge is 0.486 e. The average molecular weight is 434 g/mol. The molecule has 2 aliphatic rings. The van der Waals surface area contributed by atoms with Crippen molar-refractivity contribution in [2.75, 3.05) is 18.5 Å². The Kier molecular flexibility index (Phi) is 4.93. The molecule has 1 aromatic heterocycles. The van der Waals surface area contributed by atoms with Crippen LogP contribution in [0.3, 0.4) is 0 Å². The van der Waals surface area contributed by atoms with E-state index in [0.29, 0.717) is 36.8 Å². The van der Waals surface area contributed by atoms with E-state index in [0.717, 1.165) is 21.4 Å². The summed E-state index contributed by atoms with van der Waals surface area (Å²) in [6, 6.07) is 10.5. The average Bonchev–Trinajstić information content (AvgIpc) is 3.33. The number of rotatable bonds is 5. The molecule has 2 atom stereocenters. The van der Waals surface area contributed by atoms with Crippen molar-refractivity contribution in [2.24, 2.45) is 0 Å². The second-order valence-corrected chi connectivity index (χ2v) is 7.80. The van der Waals surface area contributed by atoms with Crippen molar-refractivity contribution in [1.82, 2.24) is 15.2 Å². The number of aromatic amines is 1. The zero-order valence-corrected chi connectivity index (χ0v) is 17.4. The van der Waals surface area contributed by atoms with Crippen LogP contribution in [0.2, 0.25) is 0 Å². The molecule has 0 saturated carbocycles. The lowest BCUT2D eigenvalue weighted by atomic mass is 10.0. The number of para-hydroxylation sites is 1. The Bertz CT molecular complexity index is 1220.